The van der Waals surface area contributed by atoms with Crippen LogP contribution in [0.2, 0.25) is 0 Å². The van der Waals surface area contributed by atoms with Gasteiger partial charge in [-0.25, -0.2) is 4.98 Å². The van der Waals surface area contributed by atoms with Gasteiger partial charge < -0.3 is 10.2 Å². The standard InChI is InChI=1S/C25H23N3O3/c1-28(16-29)15-19-11-18(10-17-6-3-2-4-7-17)12-21(13-19)24(30)23-25(31)22-20(14-27-23)8-5-9-26-22/h2-9,11-14,29,31H,10,15-16H2,1H3. The second kappa shape index (κ2) is 9.04. The fourth-order valence-electron chi connectivity index (χ4n) is 3.61. The highest BCUT2D eigenvalue weighted by Crippen LogP contribution is 2.27. The number of ketones is 1. The Kier molecular flexibility index (Phi) is 6.02. The topological polar surface area (TPSA) is 86.5 Å². The first-order valence-corrected chi connectivity index (χ1v) is 9.98. The molecule has 2 aromatic carbocycles. The van der Waals surface area contributed by atoms with Crippen LogP contribution in [0.15, 0.2) is 73.1 Å². The summed E-state index contributed by atoms with van der Waals surface area (Å²) in [5.74, 6) is -0.585. The van der Waals surface area contributed by atoms with Crippen LogP contribution in [-0.2, 0) is 13.0 Å². The van der Waals surface area contributed by atoms with E-state index in [0.29, 0.717) is 29.4 Å². The maximum Gasteiger partial charge on any atom is 0.215 e. The molecular formula is C25H23N3O3. The Labute approximate surface area is 180 Å². The van der Waals surface area contributed by atoms with E-state index in [-0.39, 0.29) is 24.0 Å². The number of rotatable bonds is 7. The molecule has 31 heavy (non-hydrogen) atoms. The maximum absolute atomic E-state index is 13.3. The van der Waals surface area contributed by atoms with Gasteiger partial charge in [-0.3, -0.25) is 14.7 Å². The molecule has 0 bridgehead atoms. The zero-order chi connectivity index (χ0) is 21.8. The molecule has 0 fully saturated rings. The van der Waals surface area contributed by atoms with Gasteiger partial charge in [0.15, 0.2) is 11.4 Å². The van der Waals surface area contributed by atoms with Crippen molar-refractivity contribution in [1.29, 1.82) is 0 Å². The van der Waals surface area contributed by atoms with Crippen molar-refractivity contribution in [3.05, 3.63) is 101 Å². The molecule has 0 saturated heterocycles. The Hall–Kier alpha value is -3.61. The fraction of sp³-hybridized carbons (Fsp3) is 0.160. The second-order valence-corrected chi connectivity index (χ2v) is 7.58. The molecule has 2 N–H and O–H groups in total. The minimum atomic E-state index is -0.368. The number of benzene rings is 2. The van der Waals surface area contributed by atoms with Gasteiger partial charge >= 0.3 is 0 Å². The summed E-state index contributed by atoms with van der Waals surface area (Å²) in [6, 6.07) is 19.2. The van der Waals surface area contributed by atoms with Crippen molar-refractivity contribution in [3.63, 3.8) is 0 Å². The largest absolute Gasteiger partial charge is 0.504 e. The third-order valence-electron chi connectivity index (χ3n) is 5.10. The summed E-state index contributed by atoms with van der Waals surface area (Å²) in [6.45, 7) is 0.392. The first-order valence-electron chi connectivity index (χ1n) is 9.98. The van der Waals surface area contributed by atoms with Crippen molar-refractivity contribution < 1.29 is 15.0 Å². The number of carbonyl (C=O) groups is 1. The highest BCUT2D eigenvalue weighted by molar-refractivity contribution is 6.11. The number of aliphatic hydroxyl groups excluding tert-OH is 1. The van der Waals surface area contributed by atoms with Gasteiger partial charge in [0.1, 0.15) is 5.52 Å². The van der Waals surface area contributed by atoms with Gasteiger partial charge in [0.05, 0.1) is 6.73 Å². The number of fused-ring (bicyclic) bond motifs is 1. The normalized spacial score (nSPS) is 11.2. The molecule has 0 unspecified atom stereocenters. The van der Waals surface area contributed by atoms with E-state index in [9.17, 15) is 15.0 Å². The van der Waals surface area contributed by atoms with E-state index >= 15 is 0 Å². The van der Waals surface area contributed by atoms with Crippen LogP contribution in [0.25, 0.3) is 10.9 Å². The van der Waals surface area contributed by atoms with Gasteiger partial charge in [0.25, 0.3) is 0 Å². The molecule has 0 aliphatic rings. The molecule has 4 rings (SSSR count). The second-order valence-electron chi connectivity index (χ2n) is 7.58. The van der Waals surface area contributed by atoms with E-state index in [4.69, 9.17) is 0 Å². The van der Waals surface area contributed by atoms with Crippen LogP contribution < -0.4 is 0 Å². The molecule has 0 aliphatic carbocycles. The number of carbonyl (C=O) groups excluding carboxylic acids is 1. The molecule has 156 valence electrons. The quantitative estimate of drug-likeness (QED) is 0.356. The zero-order valence-corrected chi connectivity index (χ0v) is 17.2. The number of hydrogen-bond acceptors (Lipinski definition) is 6. The summed E-state index contributed by atoms with van der Waals surface area (Å²) >= 11 is 0. The van der Waals surface area contributed by atoms with Gasteiger partial charge in [-0.05, 0) is 54.4 Å². The van der Waals surface area contributed by atoms with Crippen LogP contribution in [0.1, 0.15) is 32.7 Å². The van der Waals surface area contributed by atoms with Gasteiger partial charge in [-0.2, -0.15) is 0 Å². The lowest BCUT2D eigenvalue weighted by molar-refractivity contribution is 0.103. The van der Waals surface area contributed by atoms with Crippen molar-refractivity contribution in [2.45, 2.75) is 13.0 Å². The predicted molar refractivity (Wildman–Crippen MR) is 119 cm³/mol. The lowest BCUT2D eigenvalue weighted by Gasteiger charge is -2.15. The van der Waals surface area contributed by atoms with Crippen LogP contribution in [-0.4, -0.2) is 44.6 Å². The van der Waals surface area contributed by atoms with Crippen molar-refractivity contribution in [2.75, 3.05) is 13.8 Å². The van der Waals surface area contributed by atoms with Crippen LogP contribution in [0, 0.1) is 0 Å². The summed E-state index contributed by atoms with van der Waals surface area (Å²) in [5.41, 5.74) is 3.76. The number of nitrogens with zero attached hydrogens (tertiary/aromatic N) is 3. The maximum atomic E-state index is 13.3. The van der Waals surface area contributed by atoms with Gasteiger partial charge in [-0.1, -0.05) is 36.4 Å². The minimum Gasteiger partial charge on any atom is -0.504 e. The predicted octanol–water partition coefficient (Wildman–Crippen LogP) is 3.54. The summed E-state index contributed by atoms with van der Waals surface area (Å²) in [6.07, 6.45) is 3.78. The molecule has 2 heterocycles. The molecule has 6 nitrogen and oxygen atoms in total. The first-order chi connectivity index (χ1) is 15.0. The lowest BCUT2D eigenvalue weighted by atomic mass is 9.96. The zero-order valence-electron chi connectivity index (χ0n) is 17.2. The fourth-order valence-corrected chi connectivity index (χ4v) is 3.61. The Morgan fingerprint density at radius 1 is 0.968 bits per heavy atom. The average Bonchev–Trinajstić information content (AvgIpc) is 2.79. The molecule has 0 atom stereocenters. The van der Waals surface area contributed by atoms with E-state index in [1.54, 1.807) is 42.5 Å². The molecule has 0 aliphatic heterocycles. The van der Waals surface area contributed by atoms with E-state index < -0.39 is 0 Å². The number of aromatic nitrogens is 2. The number of hydrogen-bond donors (Lipinski definition) is 2. The number of aliphatic hydroxyl groups is 1. The van der Waals surface area contributed by atoms with Crippen molar-refractivity contribution in [1.82, 2.24) is 14.9 Å². The van der Waals surface area contributed by atoms with Crippen LogP contribution in [0.4, 0.5) is 0 Å². The number of aromatic hydroxyl groups is 1. The smallest absolute Gasteiger partial charge is 0.215 e. The van der Waals surface area contributed by atoms with Crippen LogP contribution in [0.3, 0.4) is 0 Å². The van der Waals surface area contributed by atoms with E-state index in [1.807, 2.05) is 42.5 Å². The minimum absolute atomic E-state index is 0.0236. The molecule has 0 spiro atoms. The lowest BCUT2D eigenvalue weighted by Crippen LogP contribution is -2.19. The molecule has 0 saturated carbocycles. The SMILES string of the molecule is CN(CO)Cc1cc(Cc2ccccc2)cc(C(=O)c2ncc3cccnc3c2O)c1. The van der Waals surface area contributed by atoms with Crippen LogP contribution >= 0.6 is 0 Å². The van der Waals surface area contributed by atoms with E-state index in [1.165, 1.54) is 0 Å². The Balaban J connectivity index is 1.75. The first kappa shape index (κ1) is 20.7. The number of pyridine rings is 2. The molecule has 4 aromatic rings. The highest BCUT2D eigenvalue weighted by atomic mass is 16.3. The van der Waals surface area contributed by atoms with E-state index in [0.717, 1.165) is 16.7 Å². The Bertz CT molecular complexity index is 1230. The molecule has 2 aromatic heterocycles. The highest BCUT2D eigenvalue weighted by Gasteiger charge is 2.19. The van der Waals surface area contributed by atoms with Crippen molar-refractivity contribution in [2.24, 2.45) is 0 Å². The van der Waals surface area contributed by atoms with Gasteiger partial charge in [0, 0.05) is 29.9 Å². The van der Waals surface area contributed by atoms with Crippen LogP contribution in [0.5, 0.6) is 5.75 Å². The Morgan fingerprint density at radius 2 is 1.74 bits per heavy atom. The molecule has 6 heteroatoms. The van der Waals surface area contributed by atoms with Gasteiger partial charge in [0.2, 0.25) is 5.78 Å². The van der Waals surface area contributed by atoms with Crippen molar-refractivity contribution >= 4 is 16.7 Å². The summed E-state index contributed by atoms with van der Waals surface area (Å²) in [7, 11) is 1.80. The summed E-state index contributed by atoms with van der Waals surface area (Å²) in [5, 5.41) is 20.7. The molecule has 0 amide bonds. The molecule has 0 radical (unpaired) electrons. The molecular weight excluding hydrogens is 390 g/mol. The summed E-state index contributed by atoms with van der Waals surface area (Å²) < 4.78 is 0. The monoisotopic (exact) mass is 413 g/mol. The Morgan fingerprint density at radius 3 is 2.52 bits per heavy atom. The summed E-state index contributed by atoms with van der Waals surface area (Å²) in [4.78, 5) is 23.4. The third-order valence-corrected chi connectivity index (χ3v) is 5.10. The third kappa shape index (κ3) is 4.60. The van der Waals surface area contributed by atoms with E-state index in [2.05, 4.69) is 9.97 Å². The average molecular weight is 413 g/mol. The van der Waals surface area contributed by atoms with Crippen molar-refractivity contribution in [3.8, 4) is 5.75 Å². The van der Waals surface area contributed by atoms with Gasteiger partial charge in [-0.15, -0.1) is 0 Å².